The second-order valence-electron chi connectivity index (χ2n) is 6.68. The molecule has 2 aromatic carbocycles. The zero-order valence-corrected chi connectivity index (χ0v) is 15.3. The van der Waals surface area contributed by atoms with Gasteiger partial charge in [-0.3, -0.25) is 9.59 Å². The first-order valence-electron chi connectivity index (χ1n) is 8.91. The second-order valence-corrected chi connectivity index (χ2v) is 6.68. The summed E-state index contributed by atoms with van der Waals surface area (Å²) < 4.78 is 1.30. The van der Waals surface area contributed by atoms with Crippen LogP contribution in [0.25, 0.3) is 16.5 Å². The molecule has 26 heavy (non-hydrogen) atoms. The third-order valence-corrected chi connectivity index (χ3v) is 4.58. The molecular weight excluding hydrogens is 326 g/mol. The summed E-state index contributed by atoms with van der Waals surface area (Å²) in [5, 5.41) is 8.52. The highest BCUT2D eigenvalue weighted by molar-refractivity contribution is 6.05. The van der Waals surface area contributed by atoms with E-state index in [1.807, 2.05) is 31.2 Å². The molecule has 0 saturated heterocycles. The van der Waals surface area contributed by atoms with Crippen molar-refractivity contribution < 1.29 is 4.79 Å². The SMILES string of the molecule is CCC(NC(=O)c1nn(-c2ccccc2)c(=O)c2ccccc12)C(C)C. The molecule has 134 valence electrons. The molecule has 1 unspecified atom stereocenters. The van der Waals surface area contributed by atoms with Gasteiger partial charge in [-0.1, -0.05) is 57.2 Å². The number of nitrogens with one attached hydrogen (secondary N) is 1. The quantitative estimate of drug-likeness (QED) is 0.766. The van der Waals surface area contributed by atoms with Gasteiger partial charge in [0.1, 0.15) is 0 Å². The number of carbonyl (C=O) groups excluding carboxylic acids is 1. The highest BCUT2D eigenvalue weighted by atomic mass is 16.2. The predicted octanol–water partition coefficient (Wildman–Crippen LogP) is 3.55. The van der Waals surface area contributed by atoms with Crippen LogP contribution in [0.1, 0.15) is 37.7 Å². The fourth-order valence-corrected chi connectivity index (χ4v) is 3.08. The lowest BCUT2D eigenvalue weighted by atomic mass is 10.0. The number of benzene rings is 2. The van der Waals surface area contributed by atoms with Crippen LogP contribution in [0.4, 0.5) is 0 Å². The molecule has 0 bridgehead atoms. The molecule has 5 nitrogen and oxygen atoms in total. The van der Waals surface area contributed by atoms with Crippen molar-refractivity contribution in [3.63, 3.8) is 0 Å². The second kappa shape index (κ2) is 7.52. The van der Waals surface area contributed by atoms with Gasteiger partial charge in [0.2, 0.25) is 0 Å². The van der Waals surface area contributed by atoms with Crippen LogP contribution in [-0.2, 0) is 0 Å². The average molecular weight is 349 g/mol. The topological polar surface area (TPSA) is 64.0 Å². The maximum Gasteiger partial charge on any atom is 0.279 e. The van der Waals surface area contributed by atoms with Crippen molar-refractivity contribution in [1.29, 1.82) is 0 Å². The van der Waals surface area contributed by atoms with E-state index in [0.29, 0.717) is 22.4 Å². The molecule has 1 atom stereocenters. The van der Waals surface area contributed by atoms with Gasteiger partial charge < -0.3 is 5.32 Å². The molecule has 1 heterocycles. The largest absolute Gasteiger partial charge is 0.348 e. The lowest BCUT2D eigenvalue weighted by Crippen LogP contribution is -2.39. The van der Waals surface area contributed by atoms with Gasteiger partial charge in [0.15, 0.2) is 5.69 Å². The summed E-state index contributed by atoms with van der Waals surface area (Å²) in [6, 6.07) is 16.3. The summed E-state index contributed by atoms with van der Waals surface area (Å²) in [6.45, 7) is 6.19. The van der Waals surface area contributed by atoms with Crippen LogP contribution in [0.15, 0.2) is 59.4 Å². The predicted molar refractivity (Wildman–Crippen MR) is 104 cm³/mol. The summed E-state index contributed by atoms with van der Waals surface area (Å²) in [6.07, 6.45) is 0.833. The number of hydrogen-bond donors (Lipinski definition) is 1. The molecule has 3 aromatic rings. The summed E-state index contributed by atoms with van der Waals surface area (Å²) in [5.41, 5.74) is 0.663. The molecule has 0 aliphatic heterocycles. The Hall–Kier alpha value is -2.95. The Morgan fingerprint density at radius 2 is 1.65 bits per heavy atom. The molecule has 0 radical (unpaired) electrons. The van der Waals surface area contributed by atoms with Crippen LogP contribution >= 0.6 is 0 Å². The van der Waals surface area contributed by atoms with E-state index in [4.69, 9.17) is 0 Å². The number of amides is 1. The number of para-hydroxylation sites is 1. The van der Waals surface area contributed by atoms with E-state index in [1.54, 1.807) is 30.3 Å². The van der Waals surface area contributed by atoms with E-state index in [-0.39, 0.29) is 23.2 Å². The highest BCUT2D eigenvalue weighted by Crippen LogP contribution is 2.16. The Morgan fingerprint density at radius 3 is 2.27 bits per heavy atom. The van der Waals surface area contributed by atoms with Crippen molar-refractivity contribution >= 4 is 16.7 Å². The van der Waals surface area contributed by atoms with E-state index in [2.05, 4.69) is 24.3 Å². The fraction of sp³-hybridized carbons (Fsp3) is 0.286. The molecule has 0 aliphatic carbocycles. The minimum atomic E-state index is -0.258. The smallest absolute Gasteiger partial charge is 0.279 e. The Morgan fingerprint density at radius 1 is 1.04 bits per heavy atom. The van der Waals surface area contributed by atoms with Crippen molar-refractivity contribution in [2.45, 2.75) is 33.2 Å². The van der Waals surface area contributed by atoms with E-state index >= 15 is 0 Å². The first-order chi connectivity index (χ1) is 12.5. The molecule has 1 aromatic heterocycles. The third-order valence-electron chi connectivity index (χ3n) is 4.58. The third kappa shape index (κ3) is 3.38. The fourth-order valence-electron chi connectivity index (χ4n) is 3.08. The van der Waals surface area contributed by atoms with Gasteiger partial charge in [-0.25, -0.2) is 0 Å². The molecule has 0 aliphatic rings. The van der Waals surface area contributed by atoms with Gasteiger partial charge in [0.25, 0.3) is 11.5 Å². The van der Waals surface area contributed by atoms with Crippen LogP contribution in [0.3, 0.4) is 0 Å². The van der Waals surface area contributed by atoms with E-state index in [0.717, 1.165) is 6.42 Å². The molecule has 3 rings (SSSR count). The zero-order valence-electron chi connectivity index (χ0n) is 15.3. The van der Waals surface area contributed by atoms with E-state index < -0.39 is 0 Å². The Bertz CT molecular complexity index is 977. The number of aromatic nitrogens is 2. The minimum Gasteiger partial charge on any atom is -0.348 e. The molecule has 1 N–H and O–H groups in total. The number of nitrogens with zero attached hydrogens (tertiary/aromatic N) is 2. The van der Waals surface area contributed by atoms with Crippen LogP contribution in [0.2, 0.25) is 0 Å². The normalized spacial score (nSPS) is 12.3. The first-order valence-corrected chi connectivity index (χ1v) is 8.91. The monoisotopic (exact) mass is 349 g/mol. The Balaban J connectivity index is 2.17. The zero-order chi connectivity index (χ0) is 18.7. The molecule has 0 saturated carbocycles. The molecule has 5 heteroatoms. The van der Waals surface area contributed by atoms with Gasteiger partial charge >= 0.3 is 0 Å². The van der Waals surface area contributed by atoms with E-state index in [1.165, 1.54) is 4.68 Å². The summed E-state index contributed by atoms with van der Waals surface area (Å²) in [7, 11) is 0. The Kier molecular flexibility index (Phi) is 5.16. The lowest BCUT2D eigenvalue weighted by Gasteiger charge is -2.21. The lowest BCUT2D eigenvalue weighted by molar-refractivity contribution is 0.0919. The van der Waals surface area contributed by atoms with Crippen LogP contribution in [0.5, 0.6) is 0 Å². The summed E-state index contributed by atoms with van der Waals surface area (Å²) in [4.78, 5) is 25.8. The van der Waals surface area contributed by atoms with Gasteiger partial charge in [0.05, 0.1) is 11.1 Å². The average Bonchev–Trinajstić information content (AvgIpc) is 2.67. The highest BCUT2D eigenvalue weighted by Gasteiger charge is 2.21. The van der Waals surface area contributed by atoms with Gasteiger partial charge in [-0.2, -0.15) is 9.78 Å². The molecule has 0 spiro atoms. The maximum absolute atomic E-state index is 12.9. The number of carbonyl (C=O) groups is 1. The number of fused-ring (bicyclic) bond motifs is 1. The first kappa shape index (κ1) is 17.9. The van der Waals surface area contributed by atoms with Gasteiger partial charge in [0, 0.05) is 11.4 Å². The van der Waals surface area contributed by atoms with Crippen LogP contribution in [-0.4, -0.2) is 21.7 Å². The van der Waals surface area contributed by atoms with Crippen molar-refractivity contribution in [2.75, 3.05) is 0 Å². The molecule has 0 fully saturated rings. The van der Waals surface area contributed by atoms with Crippen molar-refractivity contribution in [3.05, 3.63) is 70.6 Å². The maximum atomic E-state index is 12.9. The Labute approximate surface area is 152 Å². The number of hydrogen-bond acceptors (Lipinski definition) is 3. The number of rotatable bonds is 5. The van der Waals surface area contributed by atoms with Gasteiger partial charge in [-0.15, -0.1) is 0 Å². The summed E-state index contributed by atoms with van der Waals surface area (Å²) in [5.74, 6) is 0.0571. The van der Waals surface area contributed by atoms with Crippen LogP contribution in [0, 0.1) is 5.92 Å². The van der Waals surface area contributed by atoms with Crippen molar-refractivity contribution in [2.24, 2.45) is 5.92 Å². The standard InChI is InChI=1S/C21H23N3O2/c1-4-18(14(2)3)22-20(25)19-16-12-8-9-13-17(16)21(26)24(23-19)15-10-6-5-7-11-15/h5-14,18H,4H2,1-3H3,(H,22,25). The minimum absolute atomic E-state index is 0.0557. The summed E-state index contributed by atoms with van der Waals surface area (Å²) >= 11 is 0. The van der Waals surface area contributed by atoms with Crippen molar-refractivity contribution in [1.82, 2.24) is 15.1 Å². The molecular formula is C21H23N3O2. The van der Waals surface area contributed by atoms with E-state index in [9.17, 15) is 9.59 Å². The van der Waals surface area contributed by atoms with Crippen LogP contribution < -0.4 is 10.9 Å². The molecule has 1 amide bonds. The van der Waals surface area contributed by atoms with Gasteiger partial charge in [-0.05, 0) is 30.5 Å². The van der Waals surface area contributed by atoms with Crippen molar-refractivity contribution in [3.8, 4) is 5.69 Å².